The van der Waals surface area contributed by atoms with Crippen LogP contribution in [0, 0.1) is 0 Å². The Morgan fingerprint density at radius 1 is 1.00 bits per heavy atom. The quantitative estimate of drug-likeness (QED) is 0.909. The van der Waals surface area contributed by atoms with Gasteiger partial charge in [0.1, 0.15) is 6.10 Å². The summed E-state index contributed by atoms with van der Waals surface area (Å²) in [5.74, 6) is 0. The van der Waals surface area contributed by atoms with Crippen LogP contribution in [-0.4, -0.2) is 14.5 Å². The molecule has 0 aromatic heterocycles. The van der Waals surface area contributed by atoms with Crippen LogP contribution in [0.15, 0.2) is 59.5 Å². The first kappa shape index (κ1) is 14.8. The van der Waals surface area contributed by atoms with E-state index in [0.29, 0.717) is 0 Å². The molecule has 2 aromatic rings. The summed E-state index contributed by atoms with van der Waals surface area (Å²) in [5, 5.41) is 5.13. The van der Waals surface area contributed by atoms with Gasteiger partial charge in [-0.1, -0.05) is 42.5 Å². The first-order chi connectivity index (χ1) is 10.5. The second-order valence-corrected chi connectivity index (χ2v) is 6.65. The van der Waals surface area contributed by atoms with Crippen molar-refractivity contribution in [1.29, 1.82) is 0 Å². The van der Waals surface area contributed by atoms with Crippen LogP contribution >= 0.6 is 0 Å². The Morgan fingerprint density at radius 3 is 2.23 bits per heavy atom. The van der Waals surface area contributed by atoms with Crippen LogP contribution in [0.5, 0.6) is 0 Å². The number of hydroxylamine groups is 1. The zero-order valence-electron chi connectivity index (χ0n) is 12.0. The van der Waals surface area contributed by atoms with Crippen LogP contribution in [0.1, 0.15) is 18.1 Å². The molecule has 1 heterocycles. The Kier molecular flexibility index (Phi) is 3.74. The maximum absolute atomic E-state index is 11.3. The summed E-state index contributed by atoms with van der Waals surface area (Å²) in [6, 6.07) is 16.3. The second-order valence-electron chi connectivity index (χ2n) is 5.09. The van der Waals surface area contributed by atoms with Crippen molar-refractivity contribution in [2.24, 2.45) is 5.14 Å². The van der Waals surface area contributed by atoms with Crippen LogP contribution < -0.4 is 10.6 Å². The molecule has 6 heteroatoms. The summed E-state index contributed by atoms with van der Waals surface area (Å²) in [7, 11) is -3.69. The molecule has 1 aliphatic rings. The molecule has 5 nitrogen and oxygen atoms in total. The lowest BCUT2D eigenvalue weighted by Gasteiger charge is -2.09. The Bertz CT molecular complexity index is 812. The number of hydrogen-bond acceptors (Lipinski definition) is 4. The van der Waals surface area contributed by atoms with Gasteiger partial charge in [-0.2, -0.15) is 0 Å². The molecular weight excluding hydrogens is 300 g/mol. The zero-order valence-corrected chi connectivity index (χ0v) is 12.8. The van der Waals surface area contributed by atoms with Crippen molar-refractivity contribution in [3.63, 3.8) is 0 Å². The standard InChI is InChI=1S/C16H16N2O3S/c1-11-15(12-7-9-14(10-8-12)22(17,19)20)16(18-21-11)13-5-3-2-4-6-13/h2-11,18H,1H3,(H2,17,19,20). The van der Waals surface area contributed by atoms with Crippen molar-refractivity contribution in [2.45, 2.75) is 17.9 Å². The van der Waals surface area contributed by atoms with Gasteiger partial charge in [-0.05, 0) is 24.6 Å². The fourth-order valence-corrected chi connectivity index (χ4v) is 3.00. The lowest BCUT2D eigenvalue weighted by molar-refractivity contribution is 0.0661. The van der Waals surface area contributed by atoms with Gasteiger partial charge in [0.2, 0.25) is 10.0 Å². The summed E-state index contributed by atoms with van der Waals surface area (Å²) in [5.41, 5.74) is 6.72. The van der Waals surface area contributed by atoms with Gasteiger partial charge in [-0.3, -0.25) is 10.3 Å². The zero-order chi connectivity index (χ0) is 15.7. The number of rotatable bonds is 3. The lowest BCUT2D eigenvalue weighted by atomic mass is 9.97. The minimum atomic E-state index is -3.69. The van der Waals surface area contributed by atoms with Crippen molar-refractivity contribution in [2.75, 3.05) is 0 Å². The highest BCUT2D eigenvalue weighted by molar-refractivity contribution is 7.89. The van der Waals surface area contributed by atoms with Gasteiger partial charge in [0, 0.05) is 11.1 Å². The van der Waals surface area contributed by atoms with Crippen LogP contribution in [0.4, 0.5) is 0 Å². The minimum Gasteiger partial charge on any atom is -0.268 e. The largest absolute Gasteiger partial charge is 0.268 e. The highest BCUT2D eigenvalue weighted by Crippen LogP contribution is 2.33. The molecule has 1 aliphatic heterocycles. The first-order valence-corrected chi connectivity index (χ1v) is 8.36. The predicted octanol–water partition coefficient (Wildman–Crippen LogP) is 2.13. The maximum atomic E-state index is 11.3. The Hall–Kier alpha value is -2.15. The molecule has 1 atom stereocenters. The van der Waals surface area contributed by atoms with Crippen LogP contribution in [0.25, 0.3) is 11.3 Å². The number of nitrogens with two attached hydrogens (primary N) is 1. The average molecular weight is 316 g/mol. The third-order valence-electron chi connectivity index (χ3n) is 3.57. The summed E-state index contributed by atoms with van der Waals surface area (Å²) in [4.78, 5) is 5.61. The number of sulfonamides is 1. The highest BCUT2D eigenvalue weighted by atomic mass is 32.2. The lowest BCUT2D eigenvalue weighted by Crippen LogP contribution is -2.12. The fourth-order valence-electron chi connectivity index (χ4n) is 2.49. The first-order valence-electron chi connectivity index (χ1n) is 6.81. The molecule has 114 valence electrons. The fraction of sp³-hybridized carbons (Fsp3) is 0.125. The third-order valence-corrected chi connectivity index (χ3v) is 4.50. The monoisotopic (exact) mass is 316 g/mol. The van der Waals surface area contributed by atoms with E-state index < -0.39 is 10.0 Å². The van der Waals surface area contributed by atoms with Crippen molar-refractivity contribution in [3.05, 3.63) is 65.7 Å². The average Bonchev–Trinajstić information content (AvgIpc) is 2.89. The Balaban J connectivity index is 2.08. The topological polar surface area (TPSA) is 81.4 Å². The van der Waals surface area contributed by atoms with Gasteiger partial charge in [0.05, 0.1) is 10.6 Å². The van der Waals surface area contributed by atoms with Crippen molar-refractivity contribution >= 4 is 21.3 Å². The van der Waals surface area contributed by atoms with Gasteiger partial charge in [-0.25, -0.2) is 13.6 Å². The summed E-state index contributed by atoms with van der Waals surface area (Å²) in [6.45, 7) is 1.94. The molecule has 0 fully saturated rings. The van der Waals surface area contributed by atoms with Gasteiger partial charge in [-0.15, -0.1) is 0 Å². The van der Waals surface area contributed by atoms with E-state index in [-0.39, 0.29) is 11.0 Å². The highest BCUT2D eigenvalue weighted by Gasteiger charge is 2.25. The summed E-state index contributed by atoms with van der Waals surface area (Å²) in [6.07, 6.45) is -0.143. The normalized spacial score (nSPS) is 18.4. The van der Waals surface area contributed by atoms with E-state index in [1.54, 1.807) is 12.1 Å². The molecule has 0 saturated carbocycles. The molecule has 22 heavy (non-hydrogen) atoms. The van der Waals surface area contributed by atoms with E-state index in [1.807, 2.05) is 37.3 Å². The van der Waals surface area contributed by atoms with Crippen LogP contribution in [0.2, 0.25) is 0 Å². The van der Waals surface area contributed by atoms with Gasteiger partial charge in [0.25, 0.3) is 0 Å². The van der Waals surface area contributed by atoms with E-state index >= 15 is 0 Å². The molecule has 0 radical (unpaired) electrons. The number of hydrogen-bond donors (Lipinski definition) is 2. The van der Waals surface area contributed by atoms with Crippen molar-refractivity contribution in [3.8, 4) is 0 Å². The molecule has 0 spiro atoms. The van der Waals surface area contributed by atoms with E-state index in [9.17, 15) is 8.42 Å². The molecule has 0 aliphatic carbocycles. The maximum Gasteiger partial charge on any atom is 0.238 e. The molecular formula is C16H16N2O3S. The van der Waals surface area contributed by atoms with Gasteiger partial charge >= 0.3 is 0 Å². The smallest absolute Gasteiger partial charge is 0.238 e. The van der Waals surface area contributed by atoms with E-state index in [4.69, 9.17) is 9.98 Å². The summed E-state index contributed by atoms with van der Waals surface area (Å²) >= 11 is 0. The van der Waals surface area contributed by atoms with E-state index in [1.165, 1.54) is 12.1 Å². The van der Waals surface area contributed by atoms with Crippen LogP contribution in [0.3, 0.4) is 0 Å². The molecule has 2 aromatic carbocycles. The van der Waals surface area contributed by atoms with Gasteiger partial charge < -0.3 is 0 Å². The summed E-state index contributed by atoms with van der Waals surface area (Å²) < 4.78 is 22.7. The molecule has 3 N–H and O–H groups in total. The second kappa shape index (κ2) is 5.57. The van der Waals surface area contributed by atoms with E-state index in [2.05, 4.69) is 5.48 Å². The number of primary sulfonamides is 1. The van der Waals surface area contributed by atoms with Gasteiger partial charge in [0.15, 0.2) is 0 Å². The Labute approximate surface area is 129 Å². The number of benzene rings is 2. The minimum absolute atomic E-state index is 0.0950. The molecule has 0 saturated heterocycles. The number of nitrogens with one attached hydrogen (secondary N) is 1. The molecule has 1 unspecified atom stereocenters. The predicted molar refractivity (Wildman–Crippen MR) is 84.8 cm³/mol. The van der Waals surface area contributed by atoms with Crippen molar-refractivity contribution < 1.29 is 13.3 Å². The molecule has 3 rings (SSSR count). The molecule has 0 amide bonds. The van der Waals surface area contributed by atoms with E-state index in [0.717, 1.165) is 22.4 Å². The SMILES string of the molecule is CC1ONC(c2ccccc2)=C1c1ccc(S(N)(=O)=O)cc1. The van der Waals surface area contributed by atoms with Crippen molar-refractivity contribution in [1.82, 2.24) is 5.48 Å². The van der Waals surface area contributed by atoms with Crippen LogP contribution in [-0.2, 0) is 14.9 Å². The third kappa shape index (κ3) is 2.76. The molecule has 0 bridgehead atoms. The Morgan fingerprint density at radius 2 is 1.64 bits per heavy atom.